The summed E-state index contributed by atoms with van der Waals surface area (Å²) in [6.45, 7) is 4.43. The van der Waals surface area contributed by atoms with Crippen LogP contribution in [-0.4, -0.2) is 17.3 Å². The summed E-state index contributed by atoms with van der Waals surface area (Å²) in [5, 5.41) is 9.49. The predicted octanol–water partition coefficient (Wildman–Crippen LogP) is 2.28. The normalized spacial score (nSPS) is 25.8. The predicted molar refractivity (Wildman–Crippen MR) is 59.4 cm³/mol. The SMILES string of the molecule is C=C1C[C@@H](OCc2ccccc2)C[C@H]1O. The van der Waals surface area contributed by atoms with Gasteiger partial charge in [-0.2, -0.15) is 0 Å². The quantitative estimate of drug-likeness (QED) is 0.765. The van der Waals surface area contributed by atoms with Crippen LogP contribution in [0.5, 0.6) is 0 Å². The van der Waals surface area contributed by atoms with Crippen LogP contribution in [0.1, 0.15) is 18.4 Å². The highest BCUT2D eigenvalue weighted by Crippen LogP contribution is 2.26. The highest BCUT2D eigenvalue weighted by Gasteiger charge is 2.26. The Balaban J connectivity index is 1.82. The summed E-state index contributed by atoms with van der Waals surface area (Å²) in [4.78, 5) is 0. The number of hydrogen-bond donors (Lipinski definition) is 1. The Labute approximate surface area is 90.2 Å². The van der Waals surface area contributed by atoms with Gasteiger partial charge in [0.25, 0.3) is 0 Å². The Bertz CT molecular complexity index is 332. The average molecular weight is 204 g/mol. The Morgan fingerprint density at radius 1 is 1.33 bits per heavy atom. The molecule has 1 aromatic carbocycles. The minimum atomic E-state index is -0.370. The van der Waals surface area contributed by atoms with Crippen molar-refractivity contribution >= 4 is 0 Å². The Morgan fingerprint density at radius 3 is 2.67 bits per heavy atom. The Hall–Kier alpha value is -1.12. The molecule has 1 aromatic rings. The molecule has 15 heavy (non-hydrogen) atoms. The molecule has 80 valence electrons. The summed E-state index contributed by atoms with van der Waals surface area (Å²) < 4.78 is 5.71. The van der Waals surface area contributed by atoms with Crippen molar-refractivity contribution in [3.05, 3.63) is 48.0 Å². The average Bonchev–Trinajstić information content (AvgIpc) is 2.57. The lowest BCUT2D eigenvalue weighted by Gasteiger charge is -2.10. The molecule has 0 aromatic heterocycles. The van der Waals surface area contributed by atoms with Crippen molar-refractivity contribution < 1.29 is 9.84 Å². The van der Waals surface area contributed by atoms with Crippen LogP contribution in [0.15, 0.2) is 42.5 Å². The molecule has 2 nitrogen and oxygen atoms in total. The van der Waals surface area contributed by atoms with E-state index in [1.54, 1.807) is 0 Å². The molecular formula is C13H16O2. The molecule has 0 spiro atoms. The first-order chi connectivity index (χ1) is 7.25. The van der Waals surface area contributed by atoms with E-state index in [0.29, 0.717) is 13.0 Å². The highest BCUT2D eigenvalue weighted by atomic mass is 16.5. The van der Waals surface area contributed by atoms with E-state index in [4.69, 9.17) is 4.74 Å². The second-order valence-electron chi connectivity index (χ2n) is 4.03. The standard InChI is InChI=1S/C13H16O2/c1-10-7-12(8-13(10)14)15-9-11-5-3-2-4-6-11/h2-6,12-14H,1,7-9H2/t12-,13-/m1/s1. The van der Waals surface area contributed by atoms with E-state index in [0.717, 1.165) is 12.0 Å². The molecule has 1 fully saturated rings. The fourth-order valence-electron chi connectivity index (χ4n) is 1.84. The molecular weight excluding hydrogens is 188 g/mol. The number of rotatable bonds is 3. The van der Waals surface area contributed by atoms with E-state index in [-0.39, 0.29) is 12.2 Å². The maximum absolute atomic E-state index is 9.49. The summed E-state index contributed by atoms with van der Waals surface area (Å²) in [6, 6.07) is 10.1. The Morgan fingerprint density at radius 2 is 2.07 bits per heavy atom. The van der Waals surface area contributed by atoms with E-state index in [2.05, 4.69) is 6.58 Å². The van der Waals surface area contributed by atoms with E-state index in [1.165, 1.54) is 5.56 Å². The number of aliphatic hydroxyl groups is 1. The van der Waals surface area contributed by atoms with Crippen LogP contribution in [0.25, 0.3) is 0 Å². The second-order valence-corrected chi connectivity index (χ2v) is 4.03. The van der Waals surface area contributed by atoms with Crippen molar-refractivity contribution in [2.45, 2.75) is 31.7 Å². The summed E-state index contributed by atoms with van der Waals surface area (Å²) in [5.41, 5.74) is 2.07. The molecule has 1 aliphatic rings. The van der Waals surface area contributed by atoms with Crippen LogP contribution >= 0.6 is 0 Å². The lowest BCUT2D eigenvalue weighted by molar-refractivity contribution is 0.0357. The lowest BCUT2D eigenvalue weighted by Crippen LogP contribution is -2.09. The molecule has 0 heterocycles. The molecule has 0 radical (unpaired) electrons. The van der Waals surface area contributed by atoms with Crippen molar-refractivity contribution in [1.29, 1.82) is 0 Å². The van der Waals surface area contributed by atoms with Crippen LogP contribution < -0.4 is 0 Å². The first-order valence-corrected chi connectivity index (χ1v) is 5.27. The summed E-state index contributed by atoms with van der Waals surface area (Å²) in [5.74, 6) is 0. The first-order valence-electron chi connectivity index (χ1n) is 5.27. The van der Waals surface area contributed by atoms with Crippen LogP contribution in [0, 0.1) is 0 Å². The van der Waals surface area contributed by atoms with E-state index in [9.17, 15) is 5.11 Å². The third-order valence-corrected chi connectivity index (χ3v) is 2.78. The number of aliphatic hydroxyl groups excluding tert-OH is 1. The van der Waals surface area contributed by atoms with Gasteiger partial charge < -0.3 is 9.84 Å². The fourth-order valence-corrected chi connectivity index (χ4v) is 1.84. The largest absolute Gasteiger partial charge is 0.389 e. The monoisotopic (exact) mass is 204 g/mol. The first kappa shape index (κ1) is 10.4. The minimum absolute atomic E-state index is 0.132. The number of benzene rings is 1. The third-order valence-electron chi connectivity index (χ3n) is 2.78. The molecule has 0 bridgehead atoms. The molecule has 2 rings (SSSR count). The zero-order valence-corrected chi connectivity index (χ0v) is 8.73. The van der Waals surface area contributed by atoms with Crippen LogP contribution in [0.4, 0.5) is 0 Å². The third kappa shape index (κ3) is 2.67. The molecule has 0 saturated heterocycles. The van der Waals surface area contributed by atoms with Gasteiger partial charge in [-0.05, 0) is 17.6 Å². The van der Waals surface area contributed by atoms with Gasteiger partial charge in [0.1, 0.15) is 0 Å². The highest BCUT2D eigenvalue weighted by molar-refractivity contribution is 5.14. The molecule has 0 unspecified atom stereocenters. The molecule has 1 saturated carbocycles. The summed E-state index contributed by atoms with van der Waals surface area (Å²) >= 11 is 0. The molecule has 0 amide bonds. The van der Waals surface area contributed by atoms with Crippen LogP contribution in [0.2, 0.25) is 0 Å². The molecule has 2 atom stereocenters. The van der Waals surface area contributed by atoms with Gasteiger partial charge in [0.2, 0.25) is 0 Å². The van der Waals surface area contributed by atoms with Crippen LogP contribution in [-0.2, 0) is 11.3 Å². The topological polar surface area (TPSA) is 29.5 Å². The smallest absolute Gasteiger partial charge is 0.0773 e. The maximum atomic E-state index is 9.49. The molecule has 0 aliphatic heterocycles. The van der Waals surface area contributed by atoms with Crippen molar-refractivity contribution in [3.8, 4) is 0 Å². The van der Waals surface area contributed by atoms with Gasteiger partial charge in [0, 0.05) is 6.42 Å². The van der Waals surface area contributed by atoms with Gasteiger partial charge >= 0.3 is 0 Å². The maximum Gasteiger partial charge on any atom is 0.0773 e. The zero-order chi connectivity index (χ0) is 10.7. The van der Waals surface area contributed by atoms with Gasteiger partial charge in [0.05, 0.1) is 18.8 Å². The van der Waals surface area contributed by atoms with E-state index >= 15 is 0 Å². The number of hydrogen-bond acceptors (Lipinski definition) is 2. The van der Waals surface area contributed by atoms with Gasteiger partial charge in [-0.3, -0.25) is 0 Å². The van der Waals surface area contributed by atoms with E-state index in [1.807, 2.05) is 30.3 Å². The van der Waals surface area contributed by atoms with Gasteiger partial charge in [0.15, 0.2) is 0 Å². The van der Waals surface area contributed by atoms with Gasteiger partial charge in [-0.1, -0.05) is 36.9 Å². The molecule has 1 N–H and O–H groups in total. The van der Waals surface area contributed by atoms with Crippen molar-refractivity contribution in [1.82, 2.24) is 0 Å². The van der Waals surface area contributed by atoms with Crippen molar-refractivity contribution in [2.75, 3.05) is 0 Å². The molecule has 1 aliphatic carbocycles. The van der Waals surface area contributed by atoms with Gasteiger partial charge in [-0.15, -0.1) is 0 Å². The van der Waals surface area contributed by atoms with Crippen molar-refractivity contribution in [3.63, 3.8) is 0 Å². The van der Waals surface area contributed by atoms with Crippen molar-refractivity contribution in [2.24, 2.45) is 0 Å². The minimum Gasteiger partial charge on any atom is -0.389 e. The number of ether oxygens (including phenoxy) is 1. The fraction of sp³-hybridized carbons (Fsp3) is 0.385. The summed E-state index contributed by atoms with van der Waals surface area (Å²) in [6.07, 6.45) is 1.23. The van der Waals surface area contributed by atoms with E-state index < -0.39 is 0 Å². The second kappa shape index (κ2) is 4.60. The molecule has 2 heteroatoms. The zero-order valence-electron chi connectivity index (χ0n) is 8.73. The lowest BCUT2D eigenvalue weighted by atomic mass is 10.2. The Kier molecular flexibility index (Phi) is 3.19. The summed E-state index contributed by atoms with van der Waals surface area (Å²) in [7, 11) is 0. The van der Waals surface area contributed by atoms with Gasteiger partial charge in [-0.25, -0.2) is 0 Å². The van der Waals surface area contributed by atoms with Crippen LogP contribution in [0.3, 0.4) is 0 Å².